The number of hydrogen-bond acceptors (Lipinski definition) is 3. The van der Waals surface area contributed by atoms with Crippen molar-refractivity contribution >= 4 is 11.8 Å². The highest BCUT2D eigenvalue weighted by Gasteiger charge is 2.19. The Morgan fingerprint density at radius 3 is 2.52 bits per heavy atom. The summed E-state index contributed by atoms with van der Waals surface area (Å²) in [6.45, 7) is 3.80. The minimum absolute atomic E-state index is 0.0111. The van der Waals surface area contributed by atoms with E-state index in [1.807, 2.05) is 47.4 Å². The van der Waals surface area contributed by atoms with Crippen molar-refractivity contribution in [3.05, 3.63) is 59.7 Å². The van der Waals surface area contributed by atoms with Crippen LogP contribution in [0.2, 0.25) is 0 Å². The Bertz CT molecular complexity index is 814. The maximum atomic E-state index is 12.6. The first-order valence-electron chi connectivity index (χ1n) is 10.6. The second-order valence-electron chi connectivity index (χ2n) is 7.47. The summed E-state index contributed by atoms with van der Waals surface area (Å²) in [5.41, 5.74) is 1.58. The number of para-hydroxylation sites is 1. The molecule has 1 fully saturated rings. The fourth-order valence-electron chi connectivity index (χ4n) is 3.53. The first-order valence-corrected chi connectivity index (χ1v) is 10.6. The Morgan fingerprint density at radius 2 is 1.79 bits per heavy atom. The summed E-state index contributed by atoms with van der Waals surface area (Å²) in [6, 6.07) is 15.2. The van der Waals surface area contributed by atoms with Gasteiger partial charge in [-0.05, 0) is 61.6 Å². The molecular formula is C24H30N2O3. The lowest BCUT2D eigenvalue weighted by Gasteiger charge is -2.16. The van der Waals surface area contributed by atoms with Crippen molar-refractivity contribution in [2.24, 2.45) is 0 Å². The molecule has 2 aromatic carbocycles. The topological polar surface area (TPSA) is 58.6 Å². The molecule has 29 heavy (non-hydrogen) atoms. The van der Waals surface area contributed by atoms with Gasteiger partial charge in [-0.2, -0.15) is 0 Å². The molecule has 3 rings (SSSR count). The van der Waals surface area contributed by atoms with Crippen LogP contribution in [0.15, 0.2) is 48.5 Å². The van der Waals surface area contributed by atoms with Crippen LogP contribution < -0.4 is 10.1 Å². The average Bonchev–Trinajstić information content (AvgIpc) is 3.29. The van der Waals surface area contributed by atoms with Gasteiger partial charge in [-0.3, -0.25) is 9.59 Å². The van der Waals surface area contributed by atoms with E-state index in [2.05, 4.69) is 12.2 Å². The number of ether oxygens (including phenoxy) is 1. The number of nitrogens with zero attached hydrogens (tertiary/aromatic N) is 1. The van der Waals surface area contributed by atoms with Gasteiger partial charge in [0, 0.05) is 18.7 Å². The summed E-state index contributed by atoms with van der Waals surface area (Å²) in [7, 11) is 0. The van der Waals surface area contributed by atoms with Gasteiger partial charge in [0.05, 0.1) is 6.54 Å². The number of aryl methyl sites for hydroxylation is 1. The van der Waals surface area contributed by atoms with E-state index in [0.29, 0.717) is 5.56 Å². The van der Waals surface area contributed by atoms with Crippen LogP contribution >= 0.6 is 0 Å². The smallest absolute Gasteiger partial charge is 0.251 e. The third-order valence-electron chi connectivity index (χ3n) is 5.20. The van der Waals surface area contributed by atoms with Crippen LogP contribution in [0.3, 0.4) is 0 Å². The van der Waals surface area contributed by atoms with Crippen molar-refractivity contribution in [1.82, 2.24) is 10.2 Å². The summed E-state index contributed by atoms with van der Waals surface area (Å²) in [5.74, 6) is 1.32. The molecule has 0 radical (unpaired) electrons. The molecule has 0 aliphatic carbocycles. The van der Waals surface area contributed by atoms with E-state index < -0.39 is 0 Å². The van der Waals surface area contributed by atoms with Crippen LogP contribution in [0.4, 0.5) is 0 Å². The van der Waals surface area contributed by atoms with Gasteiger partial charge in [0.15, 0.2) is 0 Å². The van der Waals surface area contributed by atoms with Crippen molar-refractivity contribution in [3.63, 3.8) is 0 Å². The number of carbonyl (C=O) groups is 2. The zero-order valence-electron chi connectivity index (χ0n) is 17.2. The molecule has 2 amide bonds. The monoisotopic (exact) mass is 394 g/mol. The third-order valence-corrected chi connectivity index (χ3v) is 5.20. The quantitative estimate of drug-likeness (QED) is 0.634. The molecule has 1 aliphatic rings. The summed E-state index contributed by atoms with van der Waals surface area (Å²) in [5, 5.41) is 2.77. The molecule has 0 spiro atoms. The zero-order chi connectivity index (χ0) is 20.5. The van der Waals surface area contributed by atoms with Crippen LogP contribution in [0.25, 0.3) is 0 Å². The number of nitrogens with one attached hydrogen (secondary N) is 1. The Kier molecular flexibility index (Phi) is 7.68. The Hall–Kier alpha value is -2.82. The molecule has 1 saturated heterocycles. The molecule has 5 heteroatoms. The number of hydrogen-bond donors (Lipinski definition) is 1. The van der Waals surface area contributed by atoms with Crippen LogP contribution in [0.1, 0.15) is 54.9 Å². The molecule has 2 aromatic rings. The highest BCUT2D eigenvalue weighted by Crippen LogP contribution is 2.28. The minimum atomic E-state index is -0.222. The molecular weight excluding hydrogens is 364 g/mol. The molecule has 1 N–H and O–H groups in total. The molecule has 0 bridgehead atoms. The molecule has 1 heterocycles. The summed E-state index contributed by atoms with van der Waals surface area (Å²) < 4.78 is 6.05. The fourth-order valence-corrected chi connectivity index (χ4v) is 3.53. The van der Waals surface area contributed by atoms with Crippen molar-refractivity contribution in [2.75, 3.05) is 19.6 Å². The lowest BCUT2D eigenvalue weighted by atomic mass is 10.0. The van der Waals surface area contributed by atoms with Gasteiger partial charge in [0.2, 0.25) is 5.91 Å². The van der Waals surface area contributed by atoms with Crippen LogP contribution in [-0.4, -0.2) is 36.3 Å². The summed E-state index contributed by atoms with van der Waals surface area (Å²) >= 11 is 0. The number of benzene rings is 2. The Morgan fingerprint density at radius 1 is 1.03 bits per heavy atom. The van der Waals surface area contributed by atoms with Gasteiger partial charge in [0.1, 0.15) is 11.5 Å². The zero-order valence-corrected chi connectivity index (χ0v) is 17.2. The van der Waals surface area contributed by atoms with Gasteiger partial charge in [-0.25, -0.2) is 0 Å². The van der Waals surface area contributed by atoms with E-state index in [1.165, 1.54) is 0 Å². The summed E-state index contributed by atoms with van der Waals surface area (Å²) in [6.07, 6.45) is 6.25. The minimum Gasteiger partial charge on any atom is -0.457 e. The first-order chi connectivity index (χ1) is 14.2. The van der Waals surface area contributed by atoms with E-state index in [9.17, 15) is 9.59 Å². The predicted octanol–water partition coefficient (Wildman–Crippen LogP) is 4.56. The highest BCUT2D eigenvalue weighted by molar-refractivity contribution is 5.96. The lowest BCUT2D eigenvalue weighted by Crippen LogP contribution is -2.38. The van der Waals surface area contributed by atoms with Crippen LogP contribution in [0, 0.1) is 0 Å². The molecule has 0 saturated carbocycles. The van der Waals surface area contributed by atoms with Crippen LogP contribution in [0.5, 0.6) is 11.5 Å². The first kappa shape index (κ1) is 20.9. The highest BCUT2D eigenvalue weighted by atomic mass is 16.5. The largest absolute Gasteiger partial charge is 0.457 e. The van der Waals surface area contributed by atoms with Gasteiger partial charge >= 0.3 is 0 Å². The Balaban J connectivity index is 1.68. The van der Waals surface area contributed by atoms with Crippen molar-refractivity contribution in [2.45, 2.75) is 45.4 Å². The number of rotatable bonds is 9. The third kappa shape index (κ3) is 6.08. The second-order valence-corrected chi connectivity index (χ2v) is 7.47. The predicted molar refractivity (Wildman–Crippen MR) is 114 cm³/mol. The normalized spacial score (nSPS) is 13.3. The van der Waals surface area contributed by atoms with Crippen molar-refractivity contribution in [1.29, 1.82) is 0 Å². The number of unbranched alkanes of at least 4 members (excludes halogenated alkanes) is 2. The average molecular weight is 395 g/mol. The maximum absolute atomic E-state index is 12.6. The molecule has 154 valence electrons. The fraction of sp³-hybridized carbons (Fsp3) is 0.417. The number of carbonyl (C=O) groups excluding carboxylic acids is 2. The van der Waals surface area contributed by atoms with Gasteiger partial charge in [0.25, 0.3) is 5.91 Å². The van der Waals surface area contributed by atoms with Crippen LogP contribution in [-0.2, 0) is 11.2 Å². The van der Waals surface area contributed by atoms with E-state index in [1.54, 1.807) is 6.07 Å². The lowest BCUT2D eigenvalue weighted by molar-refractivity contribution is -0.129. The van der Waals surface area contributed by atoms with Gasteiger partial charge in [-0.15, -0.1) is 0 Å². The molecule has 0 aromatic heterocycles. The maximum Gasteiger partial charge on any atom is 0.251 e. The van der Waals surface area contributed by atoms with E-state index in [-0.39, 0.29) is 18.4 Å². The molecule has 0 atom stereocenters. The van der Waals surface area contributed by atoms with E-state index >= 15 is 0 Å². The summed E-state index contributed by atoms with van der Waals surface area (Å²) in [4.78, 5) is 26.6. The number of amides is 2. The van der Waals surface area contributed by atoms with Gasteiger partial charge < -0.3 is 15.0 Å². The van der Waals surface area contributed by atoms with Gasteiger partial charge in [-0.1, -0.05) is 38.0 Å². The molecule has 1 aliphatic heterocycles. The van der Waals surface area contributed by atoms with Crippen molar-refractivity contribution in [3.8, 4) is 11.5 Å². The molecule has 5 nitrogen and oxygen atoms in total. The second kappa shape index (κ2) is 10.6. The molecule has 0 unspecified atom stereocenters. The SMILES string of the molecule is CCCCCc1cc(C(=O)NCC(=O)N2CCCC2)ccc1Oc1ccccc1. The van der Waals surface area contributed by atoms with E-state index in [4.69, 9.17) is 4.74 Å². The number of likely N-dealkylation sites (tertiary alicyclic amines) is 1. The van der Waals surface area contributed by atoms with E-state index in [0.717, 1.165) is 68.7 Å². The standard InChI is InChI=1S/C24H30N2O3/c1-2-3-5-10-19-17-20(13-14-22(19)29-21-11-6-4-7-12-21)24(28)25-18-23(27)26-15-8-9-16-26/h4,6-7,11-14,17H,2-3,5,8-10,15-16,18H2,1H3,(H,25,28). The Labute approximate surface area is 173 Å². The van der Waals surface area contributed by atoms with Crippen molar-refractivity contribution < 1.29 is 14.3 Å².